The summed E-state index contributed by atoms with van der Waals surface area (Å²) < 4.78 is 31.9. The number of benzene rings is 1. The highest BCUT2D eigenvalue weighted by Crippen LogP contribution is 2.30. The molecule has 114 valence electrons. The average molecular weight is 331 g/mol. The van der Waals surface area contributed by atoms with Gasteiger partial charge in [-0.3, -0.25) is 0 Å². The van der Waals surface area contributed by atoms with Crippen LogP contribution in [0, 0.1) is 0 Å². The van der Waals surface area contributed by atoms with Gasteiger partial charge in [-0.25, -0.2) is 17.9 Å². The number of amides is 1. The van der Waals surface area contributed by atoms with E-state index in [0.717, 1.165) is 12.8 Å². The Labute approximate surface area is 128 Å². The summed E-state index contributed by atoms with van der Waals surface area (Å²) in [6.07, 6.45) is 1.18. The second kappa shape index (κ2) is 5.47. The van der Waals surface area contributed by atoms with E-state index in [-0.39, 0.29) is 23.6 Å². The highest BCUT2D eigenvalue weighted by Gasteiger charge is 2.41. The minimum absolute atomic E-state index is 0.0593. The first kappa shape index (κ1) is 14.6. The molecule has 1 atom stereocenters. The molecule has 0 spiro atoms. The molecule has 1 unspecified atom stereocenters. The van der Waals surface area contributed by atoms with Gasteiger partial charge < -0.3 is 9.64 Å². The fraction of sp³-hybridized carbons (Fsp3) is 0.462. The number of nitrogens with zero attached hydrogens (tertiary/aromatic N) is 1. The van der Waals surface area contributed by atoms with Crippen molar-refractivity contribution in [2.45, 2.75) is 29.9 Å². The molecule has 1 aliphatic heterocycles. The first-order chi connectivity index (χ1) is 9.95. The molecule has 1 heterocycles. The molecular formula is C13H15ClN2O4S. The Morgan fingerprint density at radius 2 is 2.14 bits per heavy atom. The fourth-order valence-corrected chi connectivity index (χ4v) is 3.62. The molecular weight excluding hydrogens is 316 g/mol. The van der Waals surface area contributed by atoms with E-state index in [0.29, 0.717) is 11.6 Å². The molecule has 1 amide bonds. The van der Waals surface area contributed by atoms with Gasteiger partial charge in [0, 0.05) is 17.6 Å². The molecule has 8 heteroatoms. The third kappa shape index (κ3) is 3.30. The zero-order chi connectivity index (χ0) is 15.0. The first-order valence-corrected chi connectivity index (χ1v) is 8.54. The van der Waals surface area contributed by atoms with E-state index in [2.05, 4.69) is 4.72 Å². The van der Waals surface area contributed by atoms with Gasteiger partial charge in [0.05, 0.1) is 11.4 Å². The van der Waals surface area contributed by atoms with Gasteiger partial charge in [-0.1, -0.05) is 17.7 Å². The van der Waals surface area contributed by atoms with Crippen molar-refractivity contribution in [3.63, 3.8) is 0 Å². The van der Waals surface area contributed by atoms with Gasteiger partial charge in [-0.05, 0) is 31.0 Å². The molecule has 2 fully saturated rings. The normalized spacial score (nSPS) is 22.4. The van der Waals surface area contributed by atoms with Crippen LogP contribution in [0.1, 0.15) is 12.8 Å². The summed E-state index contributed by atoms with van der Waals surface area (Å²) in [5.74, 6) is 0. The Hall–Kier alpha value is -1.31. The van der Waals surface area contributed by atoms with E-state index < -0.39 is 16.1 Å². The van der Waals surface area contributed by atoms with Crippen LogP contribution < -0.4 is 4.72 Å². The van der Waals surface area contributed by atoms with Gasteiger partial charge in [-0.2, -0.15) is 0 Å². The molecule has 1 aliphatic carbocycles. The minimum atomic E-state index is -3.65. The van der Waals surface area contributed by atoms with Gasteiger partial charge in [0.25, 0.3) is 0 Å². The Morgan fingerprint density at radius 3 is 2.81 bits per heavy atom. The van der Waals surface area contributed by atoms with E-state index in [9.17, 15) is 13.2 Å². The molecule has 1 N–H and O–H groups in total. The molecule has 0 bridgehead atoms. The lowest BCUT2D eigenvalue weighted by atomic mass is 10.3. The lowest BCUT2D eigenvalue weighted by Gasteiger charge is -2.12. The second-order valence-corrected chi connectivity index (χ2v) is 7.40. The van der Waals surface area contributed by atoms with Crippen LogP contribution in [-0.4, -0.2) is 44.6 Å². The van der Waals surface area contributed by atoms with Crippen molar-refractivity contribution in [1.29, 1.82) is 0 Å². The van der Waals surface area contributed by atoms with E-state index in [4.69, 9.17) is 16.3 Å². The number of rotatable bonds is 5. The quantitative estimate of drug-likeness (QED) is 0.889. The van der Waals surface area contributed by atoms with Crippen LogP contribution in [-0.2, 0) is 14.8 Å². The Bertz CT molecular complexity index is 660. The maximum absolute atomic E-state index is 12.1. The third-order valence-electron chi connectivity index (χ3n) is 3.50. The zero-order valence-corrected chi connectivity index (χ0v) is 12.7. The molecule has 1 saturated carbocycles. The number of carbonyl (C=O) groups excluding carboxylic acids is 1. The zero-order valence-electron chi connectivity index (χ0n) is 11.2. The second-order valence-electron chi connectivity index (χ2n) is 5.20. The highest BCUT2D eigenvalue weighted by molar-refractivity contribution is 7.89. The predicted octanol–water partition coefficient (Wildman–Crippen LogP) is 1.60. The number of nitrogens with one attached hydrogen (secondary N) is 1. The summed E-state index contributed by atoms with van der Waals surface area (Å²) in [5.41, 5.74) is 0. The van der Waals surface area contributed by atoms with Crippen LogP contribution in [0.3, 0.4) is 0 Å². The molecule has 1 saturated heterocycles. The van der Waals surface area contributed by atoms with Gasteiger partial charge in [-0.15, -0.1) is 0 Å². The minimum Gasteiger partial charge on any atom is -0.443 e. The first-order valence-electron chi connectivity index (χ1n) is 6.68. The van der Waals surface area contributed by atoms with Gasteiger partial charge in [0.15, 0.2) is 0 Å². The van der Waals surface area contributed by atoms with Crippen molar-refractivity contribution in [3.8, 4) is 0 Å². The Morgan fingerprint density at radius 1 is 1.38 bits per heavy atom. The van der Waals surface area contributed by atoms with Crippen LogP contribution in [0.15, 0.2) is 29.2 Å². The summed E-state index contributed by atoms with van der Waals surface area (Å²) in [4.78, 5) is 13.4. The molecule has 1 aromatic rings. The van der Waals surface area contributed by atoms with E-state index in [1.54, 1.807) is 17.0 Å². The maximum Gasteiger partial charge on any atom is 0.410 e. The van der Waals surface area contributed by atoms with Crippen molar-refractivity contribution in [2.75, 3.05) is 13.1 Å². The van der Waals surface area contributed by atoms with Crippen LogP contribution in [0.25, 0.3) is 0 Å². The molecule has 21 heavy (non-hydrogen) atoms. The number of sulfonamides is 1. The topological polar surface area (TPSA) is 75.7 Å². The molecule has 3 rings (SSSR count). The maximum atomic E-state index is 12.1. The number of carbonyl (C=O) groups is 1. The summed E-state index contributed by atoms with van der Waals surface area (Å²) in [6, 6.07) is 6.28. The van der Waals surface area contributed by atoms with E-state index >= 15 is 0 Å². The Balaban J connectivity index is 1.61. The summed E-state index contributed by atoms with van der Waals surface area (Å²) in [7, 11) is -3.65. The number of hydrogen-bond donors (Lipinski definition) is 1. The summed E-state index contributed by atoms with van der Waals surface area (Å²) in [5, 5.41) is 0.352. The molecule has 2 aliphatic rings. The van der Waals surface area contributed by atoms with Crippen LogP contribution in [0.4, 0.5) is 4.79 Å². The third-order valence-corrected chi connectivity index (χ3v) is 5.15. The summed E-state index contributed by atoms with van der Waals surface area (Å²) >= 11 is 5.79. The molecule has 1 aromatic carbocycles. The SMILES string of the molecule is O=C1OC(CNS(=O)(=O)c2cccc(Cl)c2)CN1C1CC1. The largest absolute Gasteiger partial charge is 0.443 e. The average Bonchev–Trinajstić information content (AvgIpc) is 3.20. The molecule has 0 aromatic heterocycles. The smallest absolute Gasteiger partial charge is 0.410 e. The fourth-order valence-electron chi connectivity index (χ4n) is 2.25. The van der Waals surface area contributed by atoms with Crippen molar-refractivity contribution in [1.82, 2.24) is 9.62 Å². The van der Waals surface area contributed by atoms with Crippen LogP contribution in [0.2, 0.25) is 5.02 Å². The lowest BCUT2D eigenvalue weighted by Crippen LogP contribution is -2.35. The van der Waals surface area contributed by atoms with Crippen LogP contribution in [0.5, 0.6) is 0 Å². The Kier molecular flexibility index (Phi) is 3.81. The van der Waals surface area contributed by atoms with Gasteiger partial charge in [0.1, 0.15) is 6.10 Å². The summed E-state index contributed by atoms with van der Waals surface area (Å²) in [6.45, 7) is 0.491. The molecule has 6 nitrogen and oxygen atoms in total. The number of hydrogen-bond acceptors (Lipinski definition) is 4. The van der Waals surface area contributed by atoms with Gasteiger partial charge >= 0.3 is 6.09 Å². The predicted molar refractivity (Wildman–Crippen MR) is 76.6 cm³/mol. The van der Waals surface area contributed by atoms with Crippen LogP contribution >= 0.6 is 11.6 Å². The van der Waals surface area contributed by atoms with Crippen molar-refractivity contribution in [3.05, 3.63) is 29.3 Å². The number of ether oxygens (including phenoxy) is 1. The lowest BCUT2D eigenvalue weighted by molar-refractivity contribution is 0.133. The number of halogens is 1. The van der Waals surface area contributed by atoms with Crippen molar-refractivity contribution >= 4 is 27.7 Å². The van der Waals surface area contributed by atoms with Crippen molar-refractivity contribution in [2.24, 2.45) is 0 Å². The number of cyclic esters (lactones) is 1. The highest BCUT2D eigenvalue weighted by atomic mass is 35.5. The monoisotopic (exact) mass is 330 g/mol. The van der Waals surface area contributed by atoms with E-state index in [1.165, 1.54) is 12.1 Å². The van der Waals surface area contributed by atoms with E-state index in [1.807, 2.05) is 0 Å². The standard InChI is InChI=1S/C13H15ClN2O4S/c14-9-2-1-3-12(6-9)21(18,19)15-7-11-8-16(10-4-5-10)13(17)20-11/h1-3,6,10-11,15H,4-5,7-8H2. The molecule has 0 radical (unpaired) electrons. The van der Waals surface area contributed by atoms with Crippen molar-refractivity contribution < 1.29 is 17.9 Å². The van der Waals surface area contributed by atoms with Gasteiger partial charge in [0.2, 0.25) is 10.0 Å².